The van der Waals surface area contributed by atoms with Gasteiger partial charge in [0.1, 0.15) is 0 Å². The third-order valence-electron chi connectivity index (χ3n) is 7.76. The number of nitrogens with two attached hydrogens (primary N) is 1. The lowest BCUT2D eigenvalue weighted by atomic mass is 9.85. The summed E-state index contributed by atoms with van der Waals surface area (Å²) in [7, 11) is -3.79. The summed E-state index contributed by atoms with van der Waals surface area (Å²) in [6, 6.07) is 25.1. The van der Waals surface area contributed by atoms with Crippen LogP contribution in [0, 0.1) is 18.8 Å². The van der Waals surface area contributed by atoms with Crippen molar-refractivity contribution in [1.29, 1.82) is 0 Å². The molecule has 7 nitrogen and oxygen atoms in total. The first-order valence-corrected chi connectivity index (χ1v) is 16.3. The molecule has 3 aromatic rings. The Morgan fingerprint density at radius 1 is 0.881 bits per heavy atom. The van der Waals surface area contributed by atoms with Crippen LogP contribution in [0.5, 0.6) is 0 Å². The summed E-state index contributed by atoms with van der Waals surface area (Å²) < 4.78 is 28.8. The van der Waals surface area contributed by atoms with Crippen LogP contribution in [-0.4, -0.2) is 55.5 Å². The molecule has 1 amide bonds. The maximum Gasteiger partial charge on any atom is 0.243 e. The Morgan fingerprint density at radius 2 is 1.43 bits per heavy atom. The normalized spacial score (nSPS) is 14.2. The van der Waals surface area contributed by atoms with Gasteiger partial charge in [-0.2, -0.15) is 4.31 Å². The lowest BCUT2D eigenvalue weighted by molar-refractivity contribution is -0.122. The fraction of sp³-hybridized carbons (Fsp3) is 0.441. The van der Waals surface area contributed by atoms with Crippen LogP contribution in [0.3, 0.4) is 0 Å². The second-order valence-corrected chi connectivity index (χ2v) is 13.6. The van der Waals surface area contributed by atoms with E-state index < -0.39 is 22.1 Å². The SMILES string of the molecule is Cc1ccc(S(=O)(=O)N(CCC(C)C)C(CO)CC(C)CCNC(=O)[C@@H](N)C(c2ccccc2)c2ccccc2)cc1. The topological polar surface area (TPSA) is 113 Å². The van der Waals surface area contributed by atoms with E-state index in [2.05, 4.69) is 19.2 Å². The van der Waals surface area contributed by atoms with Crippen LogP contribution in [0.15, 0.2) is 89.8 Å². The average molecular weight is 594 g/mol. The van der Waals surface area contributed by atoms with Crippen LogP contribution in [0.2, 0.25) is 0 Å². The van der Waals surface area contributed by atoms with E-state index in [-0.39, 0.29) is 29.2 Å². The molecule has 2 unspecified atom stereocenters. The fourth-order valence-corrected chi connectivity index (χ4v) is 6.88. The highest BCUT2D eigenvalue weighted by molar-refractivity contribution is 7.89. The van der Waals surface area contributed by atoms with Gasteiger partial charge >= 0.3 is 0 Å². The van der Waals surface area contributed by atoms with Crippen molar-refractivity contribution >= 4 is 15.9 Å². The van der Waals surface area contributed by atoms with E-state index in [1.54, 1.807) is 24.3 Å². The molecule has 0 saturated heterocycles. The molecular formula is C34H47N3O4S. The molecule has 42 heavy (non-hydrogen) atoms. The monoisotopic (exact) mass is 593 g/mol. The molecule has 4 N–H and O–H groups in total. The van der Waals surface area contributed by atoms with Gasteiger partial charge in [0.15, 0.2) is 0 Å². The van der Waals surface area contributed by atoms with Gasteiger partial charge in [0.25, 0.3) is 0 Å². The molecule has 0 bridgehead atoms. The van der Waals surface area contributed by atoms with Crippen LogP contribution < -0.4 is 11.1 Å². The lowest BCUT2D eigenvalue weighted by Gasteiger charge is -2.32. The highest BCUT2D eigenvalue weighted by Crippen LogP contribution is 2.28. The lowest BCUT2D eigenvalue weighted by Crippen LogP contribution is -2.46. The summed E-state index contributed by atoms with van der Waals surface area (Å²) >= 11 is 0. The van der Waals surface area contributed by atoms with Gasteiger partial charge in [-0.3, -0.25) is 4.79 Å². The molecule has 228 valence electrons. The predicted molar refractivity (Wildman–Crippen MR) is 170 cm³/mol. The Kier molecular flexibility index (Phi) is 12.7. The predicted octanol–water partition coefficient (Wildman–Crippen LogP) is 5.08. The zero-order chi connectivity index (χ0) is 30.7. The minimum Gasteiger partial charge on any atom is -0.395 e. The van der Waals surface area contributed by atoms with Crippen molar-refractivity contribution < 1.29 is 18.3 Å². The number of rotatable bonds is 16. The van der Waals surface area contributed by atoms with Crippen molar-refractivity contribution in [3.63, 3.8) is 0 Å². The number of nitrogens with zero attached hydrogens (tertiary/aromatic N) is 1. The zero-order valence-corrected chi connectivity index (χ0v) is 26.1. The largest absolute Gasteiger partial charge is 0.395 e. The Balaban J connectivity index is 1.65. The van der Waals surface area contributed by atoms with Gasteiger partial charge in [0, 0.05) is 25.0 Å². The molecule has 0 fully saturated rings. The molecule has 0 aliphatic carbocycles. The first kappa shape index (κ1) is 33.5. The average Bonchev–Trinajstić information content (AvgIpc) is 2.97. The van der Waals surface area contributed by atoms with Gasteiger partial charge in [-0.1, -0.05) is 99.1 Å². The van der Waals surface area contributed by atoms with Crippen molar-refractivity contribution in [3.8, 4) is 0 Å². The first-order valence-electron chi connectivity index (χ1n) is 14.9. The number of aliphatic hydroxyl groups excluding tert-OH is 1. The third kappa shape index (κ3) is 9.23. The number of nitrogens with one attached hydrogen (secondary N) is 1. The molecule has 3 atom stereocenters. The van der Waals surface area contributed by atoms with Crippen LogP contribution in [0.4, 0.5) is 0 Å². The fourth-order valence-electron chi connectivity index (χ4n) is 5.23. The molecule has 0 aromatic heterocycles. The molecule has 0 radical (unpaired) electrons. The van der Waals surface area contributed by atoms with E-state index >= 15 is 0 Å². The second-order valence-electron chi connectivity index (χ2n) is 11.7. The van der Waals surface area contributed by atoms with Gasteiger partial charge in [-0.25, -0.2) is 8.42 Å². The number of benzene rings is 3. The van der Waals surface area contributed by atoms with E-state index in [9.17, 15) is 18.3 Å². The summed E-state index contributed by atoms with van der Waals surface area (Å²) in [6.07, 6.45) is 1.78. The number of hydrogen-bond donors (Lipinski definition) is 3. The molecule has 3 rings (SSSR count). The molecular weight excluding hydrogens is 546 g/mol. The maximum absolute atomic E-state index is 13.7. The zero-order valence-electron chi connectivity index (χ0n) is 25.3. The third-order valence-corrected chi connectivity index (χ3v) is 9.73. The molecule has 8 heteroatoms. The summed E-state index contributed by atoms with van der Waals surface area (Å²) in [5.41, 5.74) is 9.47. The Morgan fingerprint density at radius 3 is 1.93 bits per heavy atom. The number of aryl methyl sites for hydroxylation is 1. The molecule has 0 heterocycles. The Hall–Kier alpha value is -3.04. The molecule has 3 aromatic carbocycles. The van der Waals surface area contributed by atoms with Crippen molar-refractivity contribution in [3.05, 3.63) is 102 Å². The number of hydrogen-bond acceptors (Lipinski definition) is 5. The van der Waals surface area contributed by atoms with E-state index in [1.807, 2.05) is 74.5 Å². The molecule has 0 spiro atoms. The van der Waals surface area contributed by atoms with E-state index in [1.165, 1.54) is 4.31 Å². The number of aliphatic hydroxyl groups is 1. The minimum atomic E-state index is -3.79. The smallest absolute Gasteiger partial charge is 0.243 e. The summed E-state index contributed by atoms with van der Waals surface area (Å²) in [4.78, 5) is 13.4. The van der Waals surface area contributed by atoms with Crippen LogP contribution >= 0.6 is 0 Å². The second kappa shape index (κ2) is 16.0. The van der Waals surface area contributed by atoms with E-state index in [0.717, 1.165) is 16.7 Å². The number of carbonyl (C=O) groups is 1. The van der Waals surface area contributed by atoms with Crippen molar-refractivity contribution in [2.45, 2.75) is 69.9 Å². The van der Waals surface area contributed by atoms with Crippen LogP contribution in [0.25, 0.3) is 0 Å². The quantitative estimate of drug-likeness (QED) is 0.214. The minimum absolute atomic E-state index is 0.0486. The number of sulfonamides is 1. The molecule has 0 saturated carbocycles. The number of amides is 1. The molecule has 0 aliphatic rings. The van der Waals surface area contributed by atoms with Gasteiger partial charge in [0.05, 0.1) is 17.5 Å². The Labute approximate surface area is 252 Å². The first-order chi connectivity index (χ1) is 20.0. The summed E-state index contributed by atoms with van der Waals surface area (Å²) in [5, 5.41) is 13.3. The van der Waals surface area contributed by atoms with Gasteiger partial charge < -0.3 is 16.2 Å². The van der Waals surface area contributed by atoms with Gasteiger partial charge in [0.2, 0.25) is 15.9 Å². The van der Waals surface area contributed by atoms with Crippen molar-refractivity contribution in [2.75, 3.05) is 19.7 Å². The standard InChI is InChI=1S/C34H47N3O4S/c1-25(2)20-22-37(42(40,41)31-17-15-26(3)16-18-31)30(24-38)23-27(4)19-21-36-34(39)33(35)32(28-11-7-5-8-12-28)29-13-9-6-10-14-29/h5-18,25,27,30,32-33,38H,19-24,35H2,1-4H3,(H,36,39)/t27?,30?,33-/m0/s1. The van der Waals surface area contributed by atoms with Crippen LogP contribution in [-0.2, 0) is 14.8 Å². The summed E-state index contributed by atoms with van der Waals surface area (Å²) in [6.45, 7) is 8.50. The van der Waals surface area contributed by atoms with Gasteiger partial charge in [-0.15, -0.1) is 0 Å². The van der Waals surface area contributed by atoms with E-state index in [0.29, 0.717) is 38.3 Å². The van der Waals surface area contributed by atoms with E-state index in [4.69, 9.17) is 5.73 Å². The Bertz CT molecular complexity index is 1290. The highest BCUT2D eigenvalue weighted by Gasteiger charge is 2.32. The summed E-state index contributed by atoms with van der Waals surface area (Å²) in [5.74, 6) is -0.163. The van der Waals surface area contributed by atoms with Crippen molar-refractivity contribution in [2.24, 2.45) is 17.6 Å². The van der Waals surface area contributed by atoms with Gasteiger partial charge in [-0.05, 0) is 61.3 Å². The van der Waals surface area contributed by atoms with Crippen molar-refractivity contribution in [1.82, 2.24) is 9.62 Å². The maximum atomic E-state index is 13.7. The highest BCUT2D eigenvalue weighted by atomic mass is 32.2. The van der Waals surface area contributed by atoms with Crippen LogP contribution in [0.1, 0.15) is 62.6 Å². The molecule has 0 aliphatic heterocycles. The number of carbonyl (C=O) groups excluding carboxylic acids is 1.